The van der Waals surface area contributed by atoms with Gasteiger partial charge in [-0.25, -0.2) is 0 Å². The van der Waals surface area contributed by atoms with Crippen molar-refractivity contribution in [2.45, 2.75) is 38.5 Å². The Morgan fingerprint density at radius 1 is 1.39 bits per heavy atom. The number of fused-ring (bicyclic) bond motifs is 1. The van der Waals surface area contributed by atoms with E-state index in [9.17, 15) is 4.79 Å². The summed E-state index contributed by atoms with van der Waals surface area (Å²) in [6, 6.07) is 6.10. The molecule has 1 amide bonds. The minimum atomic E-state index is -0.00801. The molecule has 0 aromatic heterocycles. The topological polar surface area (TPSA) is 29.1 Å². The van der Waals surface area contributed by atoms with E-state index in [1.54, 1.807) is 0 Å². The zero-order valence-electron chi connectivity index (χ0n) is 11.0. The maximum Gasteiger partial charge on any atom is 0.251 e. The molecule has 1 atom stereocenters. The highest BCUT2D eigenvalue weighted by Crippen LogP contribution is 2.29. The van der Waals surface area contributed by atoms with Gasteiger partial charge in [-0.1, -0.05) is 26.0 Å². The zero-order valence-corrected chi connectivity index (χ0v) is 11.8. The SMILES string of the molecule is CC(C)CC(Cl)c1ccc2c(c1)C(=O)NCCC2. The van der Waals surface area contributed by atoms with Gasteiger partial charge in [0.2, 0.25) is 0 Å². The van der Waals surface area contributed by atoms with Crippen molar-refractivity contribution in [2.24, 2.45) is 5.92 Å². The first-order valence-corrected chi connectivity index (χ1v) is 7.06. The number of nitrogens with one attached hydrogen (secondary N) is 1. The van der Waals surface area contributed by atoms with E-state index in [4.69, 9.17) is 11.6 Å². The van der Waals surface area contributed by atoms with E-state index >= 15 is 0 Å². The van der Waals surface area contributed by atoms with E-state index in [0.717, 1.165) is 42.5 Å². The molecule has 0 radical (unpaired) electrons. The number of hydrogen-bond acceptors (Lipinski definition) is 1. The molecule has 0 aliphatic carbocycles. The Morgan fingerprint density at radius 3 is 2.89 bits per heavy atom. The first kappa shape index (κ1) is 13.4. The van der Waals surface area contributed by atoms with Gasteiger partial charge in [0, 0.05) is 12.1 Å². The van der Waals surface area contributed by atoms with E-state index in [-0.39, 0.29) is 11.3 Å². The summed E-state index contributed by atoms with van der Waals surface area (Å²) in [5.41, 5.74) is 3.00. The molecule has 0 saturated carbocycles. The van der Waals surface area contributed by atoms with Crippen molar-refractivity contribution in [1.29, 1.82) is 0 Å². The van der Waals surface area contributed by atoms with Crippen molar-refractivity contribution in [3.63, 3.8) is 0 Å². The smallest absolute Gasteiger partial charge is 0.251 e. The van der Waals surface area contributed by atoms with Crippen LogP contribution in [0.25, 0.3) is 0 Å². The van der Waals surface area contributed by atoms with Gasteiger partial charge in [0.1, 0.15) is 0 Å². The van der Waals surface area contributed by atoms with Crippen molar-refractivity contribution in [3.05, 3.63) is 34.9 Å². The maximum atomic E-state index is 11.9. The van der Waals surface area contributed by atoms with E-state index in [2.05, 4.69) is 31.3 Å². The summed E-state index contributed by atoms with van der Waals surface area (Å²) in [6.45, 7) is 5.08. The van der Waals surface area contributed by atoms with Gasteiger partial charge in [0.05, 0.1) is 5.38 Å². The lowest BCUT2D eigenvalue weighted by Crippen LogP contribution is -2.22. The predicted molar refractivity (Wildman–Crippen MR) is 75.1 cm³/mol. The van der Waals surface area contributed by atoms with Crippen LogP contribution in [0.2, 0.25) is 0 Å². The van der Waals surface area contributed by atoms with Gasteiger partial charge in [-0.05, 0) is 42.4 Å². The van der Waals surface area contributed by atoms with Crippen LogP contribution in [0.3, 0.4) is 0 Å². The summed E-state index contributed by atoms with van der Waals surface area (Å²) >= 11 is 6.40. The first-order chi connectivity index (χ1) is 8.58. The van der Waals surface area contributed by atoms with E-state index in [1.165, 1.54) is 0 Å². The Morgan fingerprint density at radius 2 is 2.17 bits per heavy atom. The van der Waals surface area contributed by atoms with Crippen LogP contribution in [0.15, 0.2) is 18.2 Å². The molecule has 0 bridgehead atoms. The Kier molecular flexibility index (Phi) is 4.28. The number of benzene rings is 1. The van der Waals surface area contributed by atoms with Gasteiger partial charge in [-0.2, -0.15) is 0 Å². The largest absolute Gasteiger partial charge is 0.352 e. The fraction of sp³-hybridized carbons (Fsp3) is 0.533. The van der Waals surface area contributed by atoms with Crippen LogP contribution in [0.5, 0.6) is 0 Å². The molecule has 1 unspecified atom stereocenters. The van der Waals surface area contributed by atoms with Crippen molar-refractivity contribution in [2.75, 3.05) is 6.54 Å². The van der Waals surface area contributed by atoms with Crippen LogP contribution in [-0.2, 0) is 6.42 Å². The molecule has 3 heteroatoms. The van der Waals surface area contributed by atoms with E-state index in [0.29, 0.717) is 5.92 Å². The second kappa shape index (κ2) is 5.75. The summed E-state index contributed by atoms with van der Waals surface area (Å²) < 4.78 is 0. The number of hydrogen-bond donors (Lipinski definition) is 1. The Bertz CT molecular complexity index is 442. The lowest BCUT2D eigenvalue weighted by molar-refractivity contribution is 0.0956. The Hall–Kier alpha value is -1.02. The predicted octanol–water partition coefficient (Wildman–Crippen LogP) is 3.69. The van der Waals surface area contributed by atoms with Crippen LogP contribution < -0.4 is 5.32 Å². The molecule has 1 aromatic carbocycles. The first-order valence-electron chi connectivity index (χ1n) is 6.63. The van der Waals surface area contributed by atoms with E-state index in [1.807, 2.05) is 6.07 Å². The zero-order chi connectivity index (χ0) is 13.1. The number of aryl methyl sites for hydroxylation is 1. The second-order valence-corrected chi connectivity index (χ2v) is 5.90. The lowest BCUT2D eigenvalue weighted by Gasteiger charge is -2.14. The minimum absolute atomic E-state index is 0.00801. The van der Waals surface area contributed by atoms with Gasteiger partial charge in [-0.3, -0.25) is 4.79 Å². The summed E-state index contributed by atoms with van der Waals surface area (Å²) in [7, 11) is 0. The van der Waals surface area contributed by atoms with Gasteiger partial charge in [-0.15, -0.1) is 11.6 Å². The number of carbonyl (C=O) groups excluding carboxylic acids is 1. The maximum absolute atomic E-state index is 11.9. The normalized spacial score (nSPS) is 17.0. The number of halogens is 1. The molecular weight excluding hydrogens is 246 g/mol. The molecule has 98 valence electrons. The third-order valence-electron chi connectivity index (χ3n) is 3.33. The van der Waals surface area contributed by atoms with Crippen LogP contribution in [0.1, 0.15) is 53.6 Å². The molecule has 18 heavy (non-hydrogen) atoms. The third kappa shape index (κ3) is 3.05. The van der Waals surface area contributed by atoms with Crippen molar-refractivity contribution in [1.82, 2.24) is 5.32 Å². The molecular formula is C15H20ClNO. The van der Waals surface area contributed by atoms with Crippen LogP contribution in [-0.4, -0.2) is 12.5 Å². The fourth-order valence-electron chi connectivity index (χ4n) is 2.34. The molecule has 1 N–H and O–H groups in total. The molecule has 0 saturated heterocycles. The number of rotatable bonds is 3. The highest BCUT2D eigenvalue weighted by atomic mass is 35.5. The monoisotopic (exact) mass is 265 g/mol. The molecule has 2 rings (SSSR count). The fourth-order valence-corrected chi connectivity index (χ4v) is 2.84. The molecule has 1 aliphatic rings. The van der Waals surface area contributed by atoms with Crippen LogP contribution in [0, 0.1) is 5.92 Å². The molecule has 1 aromatic rings. The second-order valence-electron chi connectivity index (χ2n) is 5.37. The third-order valence-corrected chi connectivity index (χ3v) is 3.76. The highest BCUT2D eigenvalue weighted by Gasteiger charge is 2.18. The lowest BCUT2D eigenvalue weighted by atomic mass is 9.96. The van der Waals surface area contributed by atoms with Crippen LogP contribution in [0.4, 0.5) is 0 Å². The van der Waals surface area contributed by atoms with Gasteiger partial charge >= 0.3 is 0 Å². The van der Waals surface area contributed by atoms with Gasteiger partial charge in [0.25, 0.3) is 5.91 Å². The molecule has 1 heterocycles. The minimum Gasteiger partial charge on any atom is -0.352 e. The Balaban J connectivity index is 2.27. The Labute approximate surface area is 114 Å². The summed E-state index contributed by atoms with van der Waals surface area (Å²) in [5.74, 6) is 0.595. The molecule has 1 aliphatic heterocycles. The quantitative estimate of drug-likeness (QED) is 0.830. The van der Waals surface area contributed by atoms with Crippen LogP contribution >= 0.6 is 11.6 Å². The van der Waals surface area contributed by atoms with Gasteiger partial charge < -0.3 is 5.32 Å². The summed E-state index contributed by atoms with van der Waals surface area (Å²) in [4.78, 5) is 11.9. The summed E-state index contributed by atoms with van der Waals surface area (Å²) in [5, 5.41) is 2.92. The molecule has 2 nitrogen and oxygen atoms in total. The highest BCUT2D eigenvalue weighted by molar-refractivity contribution is 6.20. The van der Waals surface area contributed by atoms with Crippen molar-refractivity contribution < 1.29 is 4.79 Å². The number of carbonyl (C=O) groups is 1. The average molecular weight is 266 g/mol. The molecule has 0 spiro atoms. The average Bonchev–Trinajstić information content (AvgIpc) is 2.50. The van der Waals surface area contributed by atoms with Crippen molar-refractivity contribution >= 4 is 17.5 Å². The van der Waals surface area contributed by atoms with Gasteiger partial charge in [0.15, 0.2) is 0 Å². The number of amides is 1. The molecule has 0 fully saturated rings. The summed E-state index contributed by atoms with van der Waals surface area (Å²) in [6.07, 6.45) is 2.90. The van der Waals surface area contributed by atoms with Crippen molar-refractivity contribution in [3.8, 4) is 0 Å². The number of alkyl halides is 1. The van der Waals surface area contributed by atoms with E-state index < -0.39 is 0 Å². The standard InChI is InChI=1S/C15H20ClNO/c1-10(2)8-14(16)12-6-5-11-4-3-7-17-15(18)13(11)9-12/h5-6,9-10,14H,3-4,7-8H2,1-2H3,(H,17,18).